The van der Waals surface area contributed by atoms with Crippen molar-refractivity contribution < 1.29 is 14.1 Å². The first kappa shape index (κ1) is 22.1. The standard InChI is InChI=1S/C21H34N2O3S/c1-5-6-7-16-8-10-17(11-9-16)22-20(24)26-19-14-12-18(13-15-19)23-27(25)21(2,3)4/h8-11,18-19,23H,5-7,12-15H2,1-4H3,(H,22,24)/t18-,19-,27?. The lowest BCUT2D eigenvalue weighted by Crippen LogP contribution is -2.46. The first-order valence-electron chi connectivity index (χ1n) is 10.0. The van der Waals surface area contributed by atoms with Gasteiger partial charge in [0.1, 0.15) is 10.9 Å². The summed E-state index contributed by atoms with van der Waals surface area (Å²) in [6, 6.07) is 8.18. The maximum Gasteiger partial charge on any atom is 0.411 e. The molecule has 1 aromatic rings. The van der Waals surface area contributed by atoms with Crippen LogP contribution in [0, 0.1) is 0 Å². The summed E-state index contributed by atoms with van der Waals surface area (Å²) in [5.74, 6) is 0. The molecule has 1 aromatic carbocycles. The van der Waals surface area contributed by atoms with E-state index < -0.39 is 17.5 Å². The number of hydrogen-bond acceptors (Lipinski definition) is 4. The lowest BCUT2D eigenvalue weighted by molar-refractivity contribution is 0.0812. The number of hydrogen-bond donors (Lipinski definition) is 2. The number of carbonyl (C=O) groups excluding carboxylic acids is 1. The number of nitrogens with one attached hydrogen (secondary N) is 2. The molecule has 1 atom stereocenters. The molecule has 6 heteroatoms. The Labute approximate surface area is 167 Å². The summed E-state index contributed by atoms with van der Waals surface area (Å²) in [6.45, 7) is 8.07. The SMILES string of the molecule is CCCCc1ccc(NC(=O)O[C@H]2CC[C@H](N[S+]([O-])C(C)(C)C)CC2)cc1. The highest BCUT2D eigenvalue weighted by Crippen LogP contribution is 2.24. The van der Waals surface area contributed by atoms with Crippen LogP contribution in [0.2, 0.25) is 0 Å². The maximum absolute atomic E-state index is 12.2. The summed E-state index contributed by atoms with van der Waals surface area (Å²) >= 11 is -1.06. The number of aryl methyl sites for hydroxylation is 1. The molecule has 2 N–H and O–H groups in total. The van der Waals surface area contributed by atoms with Crippen molar-refractivity contribution in [2.45, 2.75) is 89.5 Å². The topological polar surface area (TPSA) is 73.4 Å². The predicted octanol–water partition coefficient (Wildman–Crippen LogP) is 4.94. The van der Waals surface area contributed by atoms with Crippen molar-refractivity contribution >= 4 is 23.1 Å². The molecule has 0 bridgehead atoms. The van der Waals surface area contributed by atoms with Crippen molar-refractivity contribution in [1.29, 1.82) is 0 Å². The third-order valence-electron chi connectivity index (χ3n) is 4.80. The number of anilines is 1. The molecule has 0 heterocycles. The lowest BCUT2D eigenvalue weighted by Gasteiger charge is -2.32. The Morgan fingerprint density at radius 2 is 1.81 bits per heavy atom. The molecule has 1 aliphatic rings. The highest BCUT2D eigenvalue weighted by molar-refractivity contribution is 7.90. The van der Waals surface area contributed by atoms with Gasteiger partial charge < -0.3 is 9.29 Å². The zero-order valence-electron chi connectivity index (χ0n) is 17.0. The van der Waals surface area contributed by atoms with Gasteiger partial charge >= 0.3 is 6.09 Å². The second-order valence-corrected chi connectivity index (χ2v) is 10.3. The highest BCUT2D eigenvalue weighted by atomic mass is 32.2. The van der Waals surface area contributed by atoms with Gasteiger partial charge in [0.25, 0.3) is 0 Å². The average Bonchev–Trinajstić information content (AvgIpc) is 2.62. The second-order valence-electron chi connectivity index (χ2n) is 8.30. The number of ether oxygens (including phenoxy) is 1. The fourth-order valence-corrected chi connectivity index (χ4v) is 3.95. The molecule has 5 nitrogen and oxygen atoms in total. The largest absolute Gasteiger partial charge is 0.598 e. The third kappa shape index (κ3) is 7.72. The molecule has 2 rings (SSSR count). The minimum atomic E-state index is -1.06. The van der Waals surface area contributed by atoms with Crippen molar-refractivity contribution in [3.63, 3.8) is 0 Å². The smallest absolute Gasteiger partial charge is 0.411 e. The molecule has 0 radical (unpaired) electrons. The molecule has 0 saturated heterocycles. The zero-order chi connectivity index (χ0) is 19.9. The molecule has 152 valence electrons. The van der Waals surface area contributed by atoms with E-state index in [0.717, 1.165) is 37.8 Å². The van der Waals surface area contributed by atoms with Crippen molar-refractivity contribution in [3.8, 4) is 0 Å². The zero-order valence-corrected chi connectivity index (χ0v) is 17.9. The lowest BCUT2D eigenvalue weighted by atomic mass is 9.94. The van der Waals surface area contributed by atoms with E-state index in [9.17, 15) is 9.35 Å². The summed E-state index contributed by atoms with van der Waals surface area (Å²) in [6.07, 6.45) is 6.27. The Bertz CT molecular complexity index is 578. The summed E-state index contributed by atoms with van der Waals surface area (Å²) in [4.78, 5) is 12.1. The van der Waals surface area contributed by atoms with Crippen molar-refractivity contribution in [2.24, 2.45) is 0 Å². The van der Waals surface area contributed by atoms with Gasteiger partial charge in [-0.3, -0.25) is 5.32 Å². The van der Waals surface area contributed by atoms with E-state index in [4.69, 9.17) is 4.74 Å². The predicted molar refractivity (Wildman–Crippen MR) is 112 cm³/mol. The number of unbranched alkanes of at least 4 members (excludes halogenated alkanes) is 1. The van der Waals surface area contributed by atoms with Gasteiger partial charge in [0.15, 0.2) is 0 Å². The van der Waals surface area contributed by atoms with Gasteiger partial charge in [0.2, 0.25) is 0 Å². The molecule has 27 heavy (non-hydrogen) atoms. The van der Waals surface area contributed by atoms with Crippen LogP contribution in [0.25, 0.3) is 0 Å². The molecule has 1 aliphatic carbocycles. The molecular weight excluding hydrogens is 360 g/mol. The van der Waals surface area contributed by atoms with Gasteiger partial charge in [-0.05, 0) is 77.0 Å². The Hall–Kier alpha value is -1.24. The van der Waals surface area contributed by atoms with Gasteiger partial charge in [-0.25, -0.2) is 4.79 Å². The van der Waals surface area contributed by atoms with Crippen LogP contribution < -0.4 is 10.0 Å². The van der Waals surface area contributed by atoms with Crippen molar-refractivity contribution in [1.82, 2.24) is 4.72 Å². The summed E-state index contributed by atoms with van der Waals surface area (Å²) in [5.41, 5.74) is 2.05. The monoisotopic (exact) mass is 394 g/mol. The molecule has 1 amide bonds. The van der Waals surface area contributed by atoms with Crippen LogP contribution in [-0.2, 0) is 22.5 Å². The number of amides is 1. The first-order valence-corrected chi connectivity index (χ1v) is 11.2. The molecule has 1 saturated carbocycles. The molecule has 1 fully saturated rings. The van der Waals surface area contributed by atoms with E-state index in [-0.39, 0.29) is 16.9 Å². The number of carbonyl (C=O) groups is 1. The first-order chi connectivity index (χ1) is 12.8. The number of benzene rings is 1. The molecule has 0 aliphatic heterocycles. The van der Waals surface area contributed by atoms with Crippen LogP contribution in [0.3, 0.4) is 0 Å². The van der Waals surface area contributed by atoms with E-state index in [1.54, 1.807) is 0 Å². The van der Waals surface area contributed by atoms with Gasteiger partial charge in [0, 0.05) is 17.0 Å². The van der Waals surface area contributed by atoms with E-state index in [1.165, 1.54) is 18.4 Å². The van der Waals surface area contributed by atoms with Crippen LogP contribution in [0.15, 0.2) is 24.3 Å². The Kier molecular flexibility index (Phi) is 8.45. The van der Waals surface area contributed by atoms with E-state index in [0.29, 0.717) is 0 Å². The minimum Gasteiger partial charge on any atom is -0.598 e. The van der Waals surface area contributed by atoms with E-state index in [1.807, 2.05) is 32.9 Å². The fourth-order valence-electron chi connectivity index (χ4n) is 3.06. The minimum absolute atomic E-state index is 0.0741. The maximum atomic E-state index is 12.2. The van der Waals surface area contributed by atoms with Gasteiger partial charge in [-0.1, -0.05) is 25.5 Å². The summed E-state index contributed by atoms with van der Waals surface area (Å²) in [7, 11) is 0. The Morgan fingerprint density at radius 3 is 2.37 bits per heavy atom. The normalized spacial score (nSPS) is 21.5. The van der Waals surface area contributed by atoms with Crippen LogP contribution in [-0.4, -0.2) is 27.5 Å². The van der Waals surface area contributed by atoms with E-state index in [2.05, 4.69) is 29.1 Å². The second kappa shape index (κ2) is 10.3. The summed E-state index contributed by atoms with van der Waals surface area (Å²) in [5, 5.41) is 2.81. The van der Waals surface area contributed by atoms with E-state index >= 15 is 0 Å². The Balaban J connectivity index is 1.71. The highest BCUT2D eigenvalue weighted by Gasteiger charge is 2.32. The van der Waals surface area contributed by atoms with Crippen LogP contribution >= 0.6 is 0 Å². The fraction of sp³-hybridized carbons (Fsp3) is 0.667. The van der Waals surface area contributed by atoms with Crippen LogP contribution in [0.5, 0.6) is 0 Å². The summed E-state index contributed by atoms with van der Waals surface area (Å²) < 4.78 is 20.7. The average molecular weight is 395 g/mol. The van der Waals surface area contributed by atoms with Crippen LogP contribution in [0.1, 0.15) is 71.8 Å². The van der Waals surface area contributed by atoms with Crippen molar-refractivity contribution in [2.75, 3.05) is 5.32 Å². The van der Waals surface area contributed by atoms with Gasteiger partial charge in [-0.15, -0.1) is 4.72 Å². The molecule has 0 aromatic heterocycles. The van der Waals surface area contributed by atoms with Gasteiger partial charge in [-0.2, -0.15) is 0 Å². The Morgan fingerprint density at radius 1 is 1.19 bits per heavy atom. The molecule has 1 unspecified atom stereocenters. The van der Waals surface area contributed by atoms with Crippen LogP contribution in [0.4, 0.5) is 10.5 Å². The quantitative estimate of drug-likeness (QED) is 0.642. The molecular formula is C21H34N2O3S. The van der Waals surface area contributed by atoms with Gasteiger partial charge in [0.05, 0.1) is 6.04 Å². The number of rotatable bonds is 7. The molecule has 0 spiro atoms. The van der Waals surface area contributed by atoms with Crippen molar-refractivity contribution in [3.05, 3.63) is 29.8 Å². The third-order valence-corrected chi connectivity index (χ3v) is 6.46.